The highest BCUT2D eigenvalue weighted by molar-refractivity contribution is 5.77. The van der Waals surface area contributed by atoms with E-state index in [0.29, 0.717) is 36.7 Å². The summed E-state index contributed by atoms with van der Waals surface area (Å²) in [6.07, 6.45) is 7.77. The summed E-state index contributed by atoms with van der Waals surface area (Å²) in [5.41, 5.74) is 9.47. The van der Waals surface area contributed by atoms with Crippen LogP contribution in [-0.2, 0) is 14.3 Å². The topological polar surface area (TPSA) is 148 Å². The van der Waals surface area contributed by atoms with E-state index in [1.54, 1.807) is 25.1 Å². The molecule has 0 radical (unpaired) electrons. The number of aromatic nitrogens is 7. The first-order valence-corrected chi connectivity index (χ1v) is 11.8. The van der Waals surface area contributed by atoms with Crippen LogP contribution in [0.25, 0.3) is 28.0 Å². The van der Waals surface area contributed by atoms with Gasteiger partial charge in [-0.2, -0.15) is 14.8 Å². The molecule has 0 spiro atoms. The van der Waals surface area contributed by atoms with Crippen LogP contribution in [0.5, 0.6) is 0 Å². The fraction of sp³-hybridized carbons (Fsp3) is 0.417. The Morgan fingerprint density at radius 3 is 2.61 bits per heavy atom. The molecule has 3 aromatic heterocycles. The highest BCUT2D eigenvalue weighted by Gasteiger charge is 2.29. The van der Waals surface area contributed by atoms with E-state index >= 15 is 0 Å². The third-order valence-electron chi connectivity index (χ3n) is 6.50. The predicted octanol–water partition coefficient (Wildman–Crippen LogP) is 1.97. The second-order valence-electron chi connectivity index (χ2n) is 8.98. The van der Waals surface area contributed by atoms with Crippen LogP contribution >= 0.6 is 0 Å². The number of nitrogens with two attached hydrogens (primary N) is 1. The van der Waals surface area contributed by atoms with Crippen molar-refractivity contribution in [3.8, 4) is 16.8 Å². The maximum atomic E-state index is 11.5. The lowest BCUT2D eigenvalue weighted by molar-refractivity contribution is -0.121. The van der Waals surface area contributed by atoms with E-state index in [9.17, 15) is 4.79 Å². The predicted molar refractivity (Wildman–Crippen MR) is 132 cm³/mol. The molecule has 1 saturated carbocycles. The molecule has 1 amide bonds. The van der Waals surface area contributed by atoms with Crippen molar-refractivity contribution >= 4 is 23.0 Å². The number of amides is 1. The largest absolute Gasteiger partial charge is 0.382 e. The number of benzene rings is 1. The van der Waals surface area contributed by atoms with E-state index < -0.39 is 0 Å². The lowest BCUT2D eigenvalue weighted by Gasteiger charge is -2.15. The van der Waals surface area contributed by atoms with Gasteiger partial charge in [-0.15, -0.1) is 5.10 Å². The number of anilines is 1. The van der Waals surface area contributed by atoms with Gasteiger partial charge in [0.05, 0.1) is 37.3 Å². The molecule has 1 aliphatic rings. The molecule has 5 rings (SSSR count). The van der Waals surface area contributed by atoms with Crippen molar-refractivity contribution in [1.29, 1.82) is 0 Å². The van der Waals surface area contributed by atoms with Crippen molar-refractivity contribution < 1.29 is 14.3 Å². The summed E-state index contributed by atoms with van der Waals surface area (Å²) in [5.74, 6) is 0.125. The number of nitrogens with zero attached hydrogens (tertiary/aromatic N) is 7. The Kier molecular flexibility index (Phi) is 6.87. The molecule has 0 aliphatic heterocycles. The van der Waals surface area contributed by atoms with Gasteiger partial charge in [0, 0.05) is 37.9 Å². The van der Waals surface area contributed by atoms with Gasteiger partial charge in [-0.25, -0.2) is 4.98 Å². The van der Waals surface area contributed by atoms with Crippen LogP contribution in [0.2, 0.25) is 0 Å². The summed E-state index contributed by atoms with van der Waals surface area (Å²) >= 11 is 0. The molecule has 3 heterocycles. The zero-order valence-corrected chi connectivity index (χ0v) is 20.2. The first-order chi connectivity index (χ1) is 17.6. The average molecular weight is 492 g/mol. The average Bonchev–Trinajstić information content (AvgIpc) is 3.64. The Bertz CT molecular complexity index is 1330. The lowest BCUT2D eigenvalue weighted by Crippen LogP contribution is -2.23. The number of primary amides is 1. The third kappa shape index (κ3) is 4.90. The van der Waals surface area contributed by atoms with E-state index in [0.717, 1.165) is 29.7 Å². The van der Waals surface area contributed by atoms with Gasteiger partial charge in [0.2, 0.25) is 11.9 Å². The zero-order valence-electron chi connectivity index (χ0n) is 20.2. The molecule has 3 N–H and O–H groups in total. The van der Waals surface area contributed by atoms with Crippen molar-refractivity contribution in [1.82, 2.24) is 34.7 Å². The van der Waals surface area contributed by atoms with Crippen molar-refractivity contribution in [2.75, 3.05) is 32.8 Å². The van der Waals surface area contributed by atoms with E-state index in [1.165, 1.54) is 0 Å². The van der Waals surface area contributed by atoms with Gasteiger partial charge < -0.3 is 20.5 Å². The highest BCUT2D eigenvalue weighted by Crippen LogP contribution is 2.28. The minimum Gasteiger partial charge on any atom is -0.382 e. The molecule has 0 unspecified atom stereocenters. The van der Waals surface area contributed by atoms with Crippen molar-refractivity contribution in [3.63, 3.8) is 0 Å². The number of hydrogen-bond donors (Lipinski definition) is 2. The second kappa shape index (κ2) is 10.4. The Morgan fingerprint density at radius 1 is 1.14 bits per heavy atom. The van der Waals surface area contributed by atoms with Crippen LogP contribution in [0.1, 0.15) is 25.3 Å². The molecule has 1 aromatic carbocycles. The van der Waals surface area contributed by atoms with Crippen LogP contribution < -0.4 is 11.1 Å². The van der Waals surface area contributed by atoms with E-state index in [4.69, 9.17) is 15.2 Å². The fourth-order valence-electron chi connectivity index (χ4n) is 4.59. The lowest BCUT2D eigenvalue weighted by atomic mass is 10.1. The fourth-order valence-corrected chi connectivity index (χ4v) is 4.59. The van der Waals surface area contributed by atoms with Crippen LogP contribution in [0.15, 0.2) is 42.9 Å². The zero-order chi connectivity index (χ0) is 25.1. The molecule has 0 bridgehead atoms. The summed E-state index contributed by atoms with van der Waals surface area (Å²) in [7, 11) is 3.33. The number of carbonyl (C=O) groups excluding carboxylic acids is 1. The number of rotatable bonds is 10. The molecule has 1 aliphatic carbocycles. The van der Waals surface area contributed by atoms with E-state index in [1.807, 2.05) is 41.3 Å². The maximum Gasteiger partial charge on any atom is 0.225 e. The first-order valence-electron chi connectivity index (χ1n) is 11.8. The molecule has 0 saturated heterocycles. The number of methoxy groups -OCH3 is 2. The number of nitrogens with one attached hydrogen (secondary N) is 1. The van der Waals surface area contributed by atoms with Gasteiger partial charge >= 0.3 is 0 Å². The Morgan fingerprint density at radius 2 is 1.92 bits per heavy atom. The molecule has 36 heavy (non-hydrogen) atoms. The van der Waals surface area contributed by atoms with E-state index in [-0.39, 0.29) is 23.9 Å². The van der Waals surface area contributed by atoms with Crippen molar-refractivity contribution in [3.05, 3.63) is 42.9 Å². The number of carbonyl (C=O) groups is 1. The third-order valence-corrected chi connectivity index (χ3v) is 6.50. The molecule has 12 nitrogen and oxygen atoms in total. The minimum absolute atomic E-state index is 0.00272. The van der Waals surface area contributed by atoms with Crippen molar-refractivity contribution in [2.24, 2.45) is 11.7 Å². The Balaban J connectivity index is 1.34. The SMILES string of the molecule is COCC(COC)n1cc(-c2ccc(-n3nnc4cnc(N[C@@H]5CC[C@@H](C(N)=O)C5)nc43)cc2)cn1. The van der Waals surface area contributed by atoms with Gasteiger partial charge in [-0.1, -0.05) is 17.3 Å². The highest BCUT2D eigenvalue weighted by atomic mass is 16.5. The quantitative estimate of drug-likeness (QED) is 0.340. The summed E-state index contributed by atoms with van der Waals surface area (Å²) < 4.78 is 14.1. The van der Waals surface area contributed by atoms with Crippen molar-refractivity contribution in [2.45, 2.75) is 31.3 Å². The molecule has 188 valence electrons. The molecule has 1 fully saturated rings. The molecular formula is C24H29N9O3. The number of hydrogen-bond acceptors (Lipinski definition) is 9. The van der Waals surface area contributed by atoms with Crippen LogP contribution in [0, 0.1) is 5.92 Å². The molecule has 2 atom stereocenters. The summed E-state index contributed by atoms with van der Waals surface area (Å²) in [4.78, 5) is 20.5. The van der Waals surface area contributed by atoms with Gasteiger partial charge in [0.25, 0.3) is 0 Å². The van der Waals surface area contributed by atoms with E-state index in [2.05, 4.69) is 30.7 Å². The second-order valence-corrected chi connectivity index (χ2v) is 8.98. The Labute approximate surface area is 207 Å². The van der Waals surface area contributed by atoms with Gasteiger partial charge in [0.1, 0.15) is 0 Å². The standard InChI is InChI=1S/C24H29N9O3/c1-35-13-20(14-36-2)32-12-17(10-27-32)15-4-7-19(8-5-15)33-23-21(30-31-33)11-26-24(29-23)28-18-6-3-16(9-18)22(25)34/h4-5,7-8,10-12,16,18,20H,3,6,9,13-14H2,1-2H3,(H2,25,34)(H,26,28,29)/t16-,18-/m1/s1. The first kappa shape index (κ1) is 23.8. The summed E-state index contributed by atoms with van der Waals surface area (Å²) in [6.45, 7) is 1.02. The monoisotopic (exact) mass is 491 g/mol. The smallest absolute Gasteiger partial charge is 0.225 e. The van der Waals surface area contributed by atoms with Gasteiger partial charge in [0.15, 0.2) is 11.2 Å². The van der Waals surface area contributed by atoms with Crippen LogP contribution in [-0.4, -0.2) is 74.1 Å². The number of ether oxygens (including phenoxy) is 2. The van der Waals surface area contributed by atoms with Crippen LogP contribution in [0.4, 0.5) is 5.95 Å². The Hall–Kier alpha value is -3.90. The summed E-state index contributed by atoms with van der Waals surface area (Å²) in [5, 5.41) is 16.3. The van der Waals surface area contributed by atoms with Crippen LogP contribution in [0.3, 0.4) is 0 Å². The minimum atomic E-state index is -0.251. The molecule has 4 aromatic rings. The van der Waals surface area contributed by atoms with Gasteiger partial charge in [-0.05, 0) is 37.0 Å². The maximum absolute atomic E-state index is 11.5. The normalized spacial score (nSPS) is 17.8. The number of fused-ring (bicyclic) bond motifs is 1. The molecular weight excluding hydrogens is 462 g/mol. The molecule has 12 heteroatoms. The van der Waals surface area contributed by atoms with Gasteiger partial charge in [-0.3, -0.25) is 9.48 Å². The summed E-state index contributed by atoms with van der Waals surface area (Å²) in [6, 6.07) is 8.06.